The second-order valence-electron chi connectivity index (χ2n) is 5.43. The number of nitrogens with one attached hydrogen (secondary N) is 3. The summed E-state index contributed by atoms with van der Waals surface area (Å²) < 4.78 is 0. The maximum atomic E-state index is 12.3. The lowest BCUT2D eigenvalue weighted by molar-refractivity contribution is -0.141. The second kappa shape index (κ2) is 9.78. The first-order valence-corrected chi connectivity index (χ1v) is 7.46. The van der Waals surface area contributed by atoms with Crippen molar-refractivity contribution in [1.29, 1.82) is 0 Å². The Hall–Kier alpha value is -2.16. The van der Waals surface area contributed by atoms with Gasteiger partial charge < -0.3 is 26.8 Å². The Morgan fingerprint density at radius 1 is 0.957 bits per heavy atom. The highest BCUT2D eigenvalue weighted by atomic mass is 16.4. The molecule has 4 atom stereocenters. The summed E-state index contributed by atoms with van der Waals surface area (Å²) in [5.41, 5.74) is 5.23. The smallest absolute Gasteiger partial charge is 0.325 e. The molecular weight excluding hydrogens is 304 g/mol. The number of carboxylic acids is 1. The molecule has 0 aliphatic carbocycles. The Labute approximate surface area is 135 Å². The highest BCUT2D eigenvalue weighted by Crippen LogP contribution is 2.08. The number of nitrogens with two attached hydrogens (primary N) is 1. The van der Waals surface area contributed by atoms with Crippen molar-refractivity contribution in [1.82, 2.24) is 16.0 Å². The van der Waals surface area contributed by atoms with Crippen LogP contribution in [-0.2, 0) is 19.2 Å². The average Bonchev–Trinajstić information content (AvgIpc) is 2.50. The van der Waals surface area contributed by atoms with Crippen LogP contribution in [0.3, 0.4) is 0 Å². The summed E-state index contributed by atoms with van der Waals surface area (Å²) in [5, 5.41) is 16.0. The molecule has 4 unspecified atom stereocenters. The van der Waals surface area contributed by atoms with Gasteiger partial charge in [0.05, 0.1) is 6.54 Å². The number of amides is 3. The largest absolute Gasteiger partial charge is 0.480 e. The molecule has 0 aromatic heterocycles. The normalized spacial score (nSPS) is 15.7. The molecule has 0 aliphatic heterocycles. The van der Waals surface area contributed by atoms with Crippen LogP contribution in [0.2, 0.25) is 0 Å². The van der Waals surface area contributed by atoms with E-state index in [1.54, 1.807) is 6.92 Å². The van der Waals surface area contributed by atoms with E-state index in [1.165, 1.54) is 13.8 Å². The monoisotopic (exact) mass is 330 g/mol. The van der Waals surface area contributed by atoms with E-state index in [-0.39, 0.29) is 12.5 Å². The molecule has 0 radical (unpaired) electrons. The predicted octanol–water partition coefficient (Wildman–Crippen LogP) is -1.43. The van der Waals surface area contributed by atoms with Gasteiger partial charge in [-0.05, 0) is 19.8 Å². The Morgan fingerprint density at radius 2 is 1.48 bits per heavy atom. The lowest BCUT2D eigenvalue weighted by Crippen LogP contribution is -2.56. The van der Waals surface area contributed by atoms with Gasteiger partial charge in [-0.15, -0.1) is 0 Å². The lowest BCUT2D eigenvalue weighted by atomic mass is 9.98. The van der Waals surface area contributed by atoms with E-state index in [1.807, 2.05) is 6.92 Å². The molecule has 6 N–H and O–H groups in total. The average molecular weight is 330 g/mol. The molecule has 9 nitrogen and oxygen atoms in total. The zero-order valence-corrected chi connectivity index (χ0v) is 13.9. The Balaban J connectivity index is 4.80. The van der Waals surface area contributed by atoms with Crippen molar-refractivity contribution in [2.24, 2.45) is 11.7 Å². The van der Waals surface area contributed by atoms with Gasteiger partial charge in [0.1, 0.15) is 18.1 Å². The molecule has 0 rings (SSSR count). The van der Waals surface area contributed by atoms with Crippen molar-refractivity contribution in [2.75, 3.05) is 6.54 Å². The Morgan fingerprint density at radius 3 is 1.91 bits per heavy atom. The van der Waals surface area contributed by atoms with Crippen LogP contribution in [0.25, 0.3) is 0 Å². The van der Waals surface area contributed by atoms with E-state index in [0.29, 0.717) is 6.42 Å². The van der Waals surface area contributed by atoms with Crippen molar-refractivity contribution in [3.63, 3.8) is 0 Å². The molecule has 0 saturated carbocycles. The molecular formula is C14H26N4O5. The summed E-state index contributed by atoms with van der Waals surface area (Å²) in [6.45, 7) is 6.16. The van der Waals surface area contributed by atoms with E-state index >= 15 is 0 Å². The van der Waals surface area contributed by atoms with E-state index in [2.05, 4.69) is 16.0 Å². The van der Waals surface area contributed by atoms with E-state index in [4.69, 9.17) is 10.8 Å². The minimum Gasteiger partial charge on any atom is -0.480 e. The first-order chi connectivity index (χ1) is 10.6. The highest BCUT2D eigenvalue weighted by Gasteiger charge is 2.28. The standard InChI is InChI=1S/C14H26N4O5/c1-5-7(2)11(18-10(19)6-15)13(21)16-8(3)12(20)17-9(4)14(22)23/h7-9,11H,5-6,15H2,1-4H3,(H,16,21)(H,17,20)(H,18,19)(H,22,23). The topological polar surface area (TPSA) is 151 Å². The van der Waals surface area contributed by atoms with Crippen LogP contribution >= 0.6 is 0 Å². The Bertz CT molecular complexity index is 454. The summed E-state index contributed by atoms with van der Waals surface area (Å²) in [5.74, 6) is -2.95. The summed E-state index contributed by atoms with van der Waals surface area (Å²) in [4.78, 5) is 46.2. The van der Waals surface area contributed by atoms with Crippen molar-refractivity contribution >= 4 is 23.7 Å². The molecule has 0 heterocycles. The molecule has 132 valence electrons. The van der Waals surface area contributed by atoms with Crippen molar-refractivity contribution in [3.8, 4) is 0 Å². The van der Waals surface area contributed by atoms with Crippen LogP contribution in [0, 0.1) is 5.92 Å². The summed E-state index contributed by atoms with van der Waals surface area (Å²) >= 11 is 0. The molecule has 0 bridgehead atoms. The fourth-order valence-corrected chi connectivity index (χ4v) is 1.70. The van der Waals surface area contributed by atoms with E-state index in [0.717, 1.165) is 0 Å². The van der Waals surface area contributed by atoms with Gasteiger partial charge in [-0.3, -0.25) is 19.2 Å². The number of hydrogen-bond acceptors (Lipinski definition) is 5. The fraction of sp³-hybridized carbons (Fsp3) is 0.714. The third kappa shape index (κ3) is 7.09. The number of aliphatic carboxylic acids is 1. The highest BCUT2D eigenvalue weighted by molar-refractivity contribution is 5.93. The maximum absolute atomic E-state index is 12.3. The Kier molecular flexibility index (Phi) is 8.86. The number of hydrogen-bond donors (Lipinski definition) is 5. The SMILES string of the molecule is CCC(C)C(NC(=O)CN)C(=O)NC(C)C(=O)NC(C)C(=O)O. The predicted molar refractivity (Wildman–Crippen MR) is 83.3 cm³/mol. The third-order valence-electron chi connectivity index (χ3n) is 3.48. The number of carboxylic acid groups (broad SMARTS) is 1. The first-order valence-electron chi connectivity index (χ1n) is 7.46. The van der Waals surface area contributed by atoms with Gasteiger partial charge >= 0.3 is 5.97 Å². The van der Waals surface area contributed by atoms with E-state index < -0.39 is 41.8 Å². The lowest BCUT2D eigenvalue weighted by Gasteiger charge is -2.25. The molecule has 23 heavy (non-hydrogen) atoms. The molecule has 0 spiro atoms. The zero-order chi connectivity index (χ0) is 18.2. The van der Waals surface area contributed by atoms with Crippen LogP contribution < -0.4 is 21.7 Å². The fourth-order valence-electron chi connectivity index (χ4n) is 1.70. The van der Waals surface area contributed by atoms with Crippen LogP contribution in [0.5, 0.6) is 0 Å². The molecule has 0 saturated heterocycles. The summed E-state index contributed by atoms with van der Waals surface area (Å²) in [6.07, 6.45) is 0.638. The summed E-state index contributed by atoms with van der Waals surface area (Å²) in [6, 6.07) is -2.82. The van der Waals surface area contributed by atoms with Gasteiger partial charge in [0.2, 0.25) is 17.7 Å². The van der Waals surface area contributed by atoms with Gasteiger partial charge in [-0.25, -0.2) is 0 Å². The number of carbonyl (C=O) groups is 4. The van der Waals surface area contributed by atoms with Crippen LogP contribution in [0.15, 0.2) is 0 Å². The van der Waals surface area contributed by atoms with Crippen LogP contribution in [0.4, 0.5) is 0 Å². The quantitative estimate of drug-likeness (QED) is 0.350. The minimum absolute atomic E-state index is 0.154. The van der Waals surface area contributed by atoms with Crippen LogP contribution in [0.1, 0.15) is 34.1 Å². The van der Waals surface area contributed by atoms with Gasteiger partial charge in [0.25, 0.3) is 0 Å². The van der Waals surface area contributed by atoms with Crippen LogP contribution in [-0.4, -0.2) is 53.5 Å². The van der Waals surface area contributed by atoms with E-state index in [9.17, 15) is 19.2 Å². The molecule has 0 aliphatic rings. The third-order valence-corrected chi connectivity index (χ3v) is 3.48. The minimum atomic E-state index is -1.18. The molecule has 0 aromatic carbocycles. The van der Waals surface area contributed by atoms with Crippen molar-refractivity contribution < 1.29 is 24.3 Å². The second-order valence-corrected chi connectivity index (χ2v) is 5.43. The zero-order valence-electron chi connectivity index (χ0n) is 13.9. The van der Waals surface area contributed by atoms with Crippen molar-refractivity contribution in [3.05, 3.63) is 0 Å². The summed E-state index contributed by atoms with van der Waals surface area (Å²) in [7, 11) is 0. The van der Waals surface area contributed by atoms with Gasteiger partial charge in [0.15, 0.2) is 0 Å². The molecule has 3 amide bonds. The van der Waals surface area contributed by atoms with Gasteiger partial charge in [-0.2, -0.15) is 0 Å². The van der Waals surface area contributed by atoms with Gasteiger partial charge in [-0.1, -0.05) is 20.3 Å². The van der Waals surface area contributed by atoms with Gasteiger partial charge in [0, 0.05) is 0 Å². The number of carbonyl (C=O) groups excluding carboxylic acids is 3. The maximum Gasteiger partial charge on any atom is 0.325 e. The first kappa shape index (κ1) is 20.8. The molecule has 9 heteroatoms. The number of rotatable bonds is 9. The molecule has 0 fully saturated rings. The molecule has 0 aromatic rings. The van der Waals surface area contributed by atoms with Crippen molar-refractivity contribution in [2.45, 2.75) is 52.2 Å².